The van der Waals surface area contributed by atoms with Gasteiger partial charge < -0.3 is 9.15 Å². The Morgan fingerprint density at radius 2 is 2.24 bits per heavy atom. The van der Waals surface area contributed by atoms with Gasteiger partial charge in [0.1, 0.15) is 17.6 Å². The molecule has 0 fully saturated rings. The van der Waals surface area contributed by atoms with E-state index < -0.39 is 4.92 Å². The first kappa shape index (κ1) is 15.3. The number of non-ortho nitro benzene ring substituents is 1. The van der Waals surface area contributed by atoms with Crippen LogP contribution in [0.1, 0.15) is 17.4 Å². The second-order valence-electron chi connectivity index (χ2n) is 4.86. The van der Waals surface area contributed by atoms with Gasteiger partial charge in [0.2, 0.25) is 0 Å². The van der Waals surface area contributed by atoms with Crippen molar-refractivity contribution in [2.45, 2.75) is 12.6 Å². The molecule has 1 aliphatic heterocycles. The molecule has 2 heterocycles. The van der Waals surface area contributed by atoms with Gasteiger partial charge in [-0.15, -0.1) is 12.4 Å². The highest BCUT2D eigenvalue weighted by Crippen LogP contribution is 2.31. The highest BCUT2D eigenvalue weighted by molar-refractivity contribution is 5.85. The average Bonchev–Trinajstić information content (AvgIpc) is 2.87. The number of hydrogen-bond acceptors (Lipinski definition) is 5. The molecule has 0 amide bonds. The number of fused-ring (bicyclic) bond motifs is 1. The molecule has 7 heteroatoms. The van der Waals surface area contributed by atoms with Crippen molar-refractivity contribution >= 4 is 18.1 Å². The van der Waals surface area contributed by atoms with Crippen LogP contribution in [0.15, 0.2) is 41.0 Å². The number of likely N-dealkylation sites (N-methyl/N-ethyl adjacent to an activating group) is 1. The Kier molecular flexibility index (Phi) is 4.50. The van der Waals surface area contributed by atoms with Gasteiger partial charge in [-0.1, -0.05) is 6.07 Å². The lowest BCUT2D eigenvalue weighted by Gasteiger charge is -2.29. The molecule has 1 aliphatic rings. The third-order valence-corrected chi connectivity index (χ3v) is 3.32. The molecule has 6 nitrogen and oxygen atoms in total. The Balaban J connectivity index is 0.00000161. The van der Waals surface area contributed by atoms with Crippen LogP contribution in [0.4, 0.5) is 5.69 Å². The van der Waals surface area contributed by atoms with Crippen LogP contribution in [-0.4, -0.2) is 23.4 Å². The van der Waals surface area contributed by atoms with Gasteiger partial charge in [-0.25, -0.2) is 0 Å². The van der Waals surface area contributed by atoms with Crippen molar-refractivity contribution in [3.8, 4) is 5.75 Å². The summed E-state index contributed by atoms with van der Waals surface area (Å²) in [4.78, 5) is 12.4. The van der Waals surface area contributed by atoms with E-state index in [2.05, 4.69) is 4.90 Å². The quantitative estimate of drug-likeness (QED) is 0.643. The molecule has 0 spiro atoms. The monoisotopic (exact) mass is 310 g/mol. The normalized spacial score (nSPS) is 17.7. The smallest absolute Gasteiger partial charge is 0.273 e. The fourth-order valence-corrected chi connectivity index (χ4v) is 2.39. The van der Waals surface area contributed by atoms with Gasteiger partial charge >= 0.3 is 0 Å². The fraction of sp³-hybridized carbons (Fsp3) is 0.286. The van der Waals surface area contributed by atoms with E-state index in [1.54, 1.807) is 18.4 Å². The molecule has 0 aliphatic carbocycles. The summed E-state index contributed by atoms with van der Waals surface area (Å²) in [5.41, 5.74) is 1.04. The van der Waals surface area contributed by atoms with Crippen LogP contribution in [0, 0.1) is 10.1 Å². The summed E-state index contributed by atoms with van der Waals surface area (Å²) in [5, 5.41) is 10.8. The molecule has 1 atom stereocenters. The molecule has 112 valence electrons. The lowest BCUT2D eigenvalue weighted by atomic mass is 10.1. The Labute approximate surface area is 127 Å². The predicted octanol–water partition coefficient (Wildman–Crippen LogP) is 3.18. The van der Waals surface area contributed by atoms with Crippen molar-refractivity contribution < 1.29 is 14.1 Å². The van der Waals surface area contributed by atoms with Crippen molar-refractivity contribution in [2.75, 3.05) is 13.6 Å². The number of halogens is 1. The first-order valence-electron chi connectivity index (χ1n) is 6.29. The summed E-state index contributed by atoms with van der Waals surface area (Å²) < 4.78 is 11.3. The molecule has 0 saturated heterocycles. The molecular formula is C14H15ClN2O4. The second-order valence-corrected chi connectivity index (χ2v) is 4.86. The maximum atomic E-state index is 10.8. The molecule has 0 bridgehead atoms. The van der Waals surface area contributed by atoms with Crippen LogP contribution in [0.3, 0.4) is 0 Å². The SMILES string of the molecule is CN1Cc2occc2C(Oc2cccc([N+](=O)[O-])c2)C1.Cl. The number of benzene rings is 1. The van der Waals surface area contributed by atoms with E-state index in [-0.39, 0.29) is 24.2 Å². The van der Waals surface area contributed by atoms with Gasteiger partial charge in [-0.2, -0.15) is 0 Å². The largest absolute Gasteiger partial charge is 0.484 e. The van der Waals surface area contributed by atoms with E-state index >= 15 is 0 Å². The first-order chi connectivity index (χ1) is 9.63. The molecule has 2 aromatic rings. The number of ether oxygens (including phenoxy) is 1. The van der Waals surface area contributed by atoms with E-state index in [4.69, 9.17) is 9.15 Å². The van der Waals surface area contributed by atoms with Crippen LogP contribution in [-0.2, 0) is 6.54 Å². The molecule has 0 radical (unpaired) electrons. The van der Waals surface area contributed by atoms with Crippen molar-refractivity contribution in [3.05, 3.63) is 58.0 Å². The van der Waals surface area contributed by atoms with E-state index in [9.17, 15) is 10.1 Å². The van der Waals surface area contributed by atoms with Crippen LogP contribution in [0.5, 0.6) is 5.75 Å². The minimum Gasteiger partial charge on any atom is -0.484 e. The number of rotatable bonds is 3. The van der Waals surface area contributed by atoms with Gasteiger partial charge in [0.25, 0.3) is 5.69 Å². The van der Waals surface area contributed by atoms with Gasteiger partial charge in [0, 0.05) is 18.2 Å². The van der Waals surface area contributed by atoms with E-state index in [1.807, 2.05) is 13.1 Å². The Morgan fingerprint density at radius 3 is 3.00 bits per heavy atom. The molecule has 3 rings (SSSR count). The summed E-state index contributed by atoms with van der Waals surface area (Å²) in [7, 11) is 1.98. The van der Waals surface area contributed by atoms with Crippen molar-refractivity contribution in [2.24, 2.45) is 0 Å². The van der Waals surface area contributed by atoms with Crippen LogP contribution < -0.4 is 4.74 Å². The predicted molar refractivity (Wildman–Crippen MR) is 78.8 cm³/mol. The molecule has 1 aromatic heterocycles. The van der Waals surface area contributed by atoms with Crippen LogP contribution in [0.2, 0.25) is 0 Å². The standard InChI is InChI=1S/C14H14N2O4.ClH/c1-15-8-13-12(5-6-19-13)14(9-15)20-11-4-2-3-10(7-11)16(17)18;/h2-7,14H,8-9H2,1H3;1H. The summed E-state index contributed by atoms with van der Waals surface area (Å²) in [6.07, 6.45) is 1.47. The zero-order valence-corrected chi connectivity index (χ0v) is 12.2. The molecule has 0 saturated carbocycles. The number of furan rings is 1. The zero-order valence-electron chi connectivity index (χ0n) is 11.4. The topological polar surface area (TPSA) is 68.8 Å². The maximum Gasteiger partial charge on any atom is 0.273 e. The van der Waals surface area contributed by atoms with Gasteiger partial charge in [-0.05, 0) is 19.2 Å². The Bertz CT molecular complexity index is 643. The minimum absolute atomic E-state index is 0. The van der Waals surface area contributed by atoms with Gasteiger partial charge in [0.05, 0.1) is 23.8 Å². The number of nitro benzene ring substituents is 1. The van der Waals surface area contributed by atoms with Crippen LogP contribution >= 0.6 is 12.4 Å². The summed E-state index contributed by atoms with van der Waals surface area (Å²) in [5.74, 6) is 1.38. The average molecular weight is 311 g/mol. The molecule has 1 aromatic carbocycles. The summed E-state index contributed by atoms with van der Waals surface area (Å²) >= 11 is 0. The second kappa shape index (κ2) is 6.15. The maximum absolute atomic E-state index is 10.8. The number of hydrogen-bond donors (Lipinski definition) is 0. The summed E-state index contributed by atoms with van der Waals surface area (Å²) in [6, 6.07) is 8.12. The fourth-order valence-electron chi connectivity index (χ4n) is 2.39. The van der Waals surface area contributed by atoms with Crippen molar-refractivity contribution in [3.63, 3.8) is 0 Å². The van der Waals surface area contributed by atoms with Crippen molar-refractivity contribution in [1.29, 1.82) is 0 Å². The minimum atomic E-state index is -0.427. The van der Waals surface area contributed by atoms with Crippen molar-refractivity contribution in [1.82, 2.24) is 4.90 Å². The molecule has 0 N–H and O–H groups in total. The van der Waals surface area contributed by atoms with E-state index in [0.717, 1.165) is 24.4 Å². The van der Waals surface area contributed by atoms with E-state index in [1.165, 1.54) is 12.1 Å². The molecular weight excluding hydrogens is 296 g/mol. The third kappa shape index (κ3) is 3.17. The summed E-state index contributed by atoms with van der Waals surface area (Å²) in [6.45, 7) is 1.46. The Hall–Kier alpha value is -2.05. The number of nitro groups is 1. The lowest BCUT2D eigenvalue weighted by Crippen LogP contribution is -2.32. The third-order valence-electron chi connectivity index (χ3n) is 3.32. The Morgan fingerprint density at radius 1 is 1.43 bits per heavy atom. The van der Waals surface area contributed by atoms with E-state index in [0.29, 0.717) is 5.75 Å². The highest BCUT2D eigenvalue weighted by Gasteiger charge is 2.27. The zero-order chi connectivity index (χ0) is 14.1. The van der Waals surface area contributed by atoms with Crippen LogP contribution in [0.25, 0.3) is 0 Å². The van der Waals surface area contributed by atoms with Gasteiger partial charge in [-0.3, -0.25) is 15.0 Å². The molecule has 1 unspecified atom stereocenters. The highest BCUT2D eigenvalue weighted by atomic mass is 35.5. The number of nitrogens with zero attached hydrogens (tertiary/aromatic N) is 2. The first-order valence-corrected chi connectivity index (χ1v) is 6.29. The van der Waals surface area contributed by atoms with Gasteiger partial charge in [0.15, 0.2) is 0 Å². The lowest BCUT2D eigenvalue weighted by molar-refractivity contribution is -0.385. The molecule has 21 heavy (non-hydrogen) atoms.